The van der Waals surface area contributed by atoms with Crippen molar-refractivity contribution >= 4 is 42.4 Å². The Balaban J connectivity index is 1.30. The molecule has 0 aliphatic carbocycles. The highest BCUT2D eigenvalue weighted by Gasteiger charge is 2.21. The number of thiophene rings is 1. The molecule has 5 heteroatoms. The number of hydrogen-bond donors (Lipinski definition) is 0. The van der Waals surface area contributed by atoms with Crippen LogP contribution in [0.5, 0.6) is 0 Å². The Morgan fingerprint density at radius 2 is 0.894 bits per heavy atom. The molecular formula is C42H26N4S. The van der Waals surface area contributed by atoms with Gasteiger partial charge >= 0.3 is 0 Å². The zero-order valence-corrected chi connectivity index (χ0v) is 26.0. The summed E-state index contributed by atoms with van der Waals surface area (Å²) in [5.74, 6) is 1.89. The monoisotopic (exact) mass is 618 g/mol. The van der Waals surface area contributed by atoms with Gasteiger partial charge in [0.2, 0.25) is 0 Å². The third kappa shape index (κ3) is 4.85. The van der Waals surface area contributed by atoms with Crippen molar-refractivity contribution in [1.29, 1.82) is 0 Å². The summed E-state index contributed by atoms with van der Waals surface area (Å²) in [5, 5.41) is 3.42. The van der Waals surface area contributed by atoms with E-state index in [0.717, 1.165) is 49.8 Å². The molecule has 4 nitrogen and oxygen atoms in total. The summed E-state index contributed by atoms with van der Waals surface area (Å²) in [6, 6.07) is 54.3. The van der Waals surface area contributed by atoms with Crippen molar-refractivity contribution in [3.8, 4) is 56.5 Å². The molecule has 0 spiro atoms. The van der Waals surface area contributed by atoms with Gasteiger partial charge in [-0.1, -0.05) is 146 Å². The first-order chi connectivity index (χ1) is 23.3. The van der Waals surface area contributed by atoms with Gasteiger partial charge in [-0.25, -0.2) is 19.9 Å². The van der Waals surface area contributed by atoms with E-state index in [0.29, 0.717) is 17.5 Å². The molecule has 3 heterocycles. The van der Waals surface area contributed by atoms with Crippen LogP contribution in [0.15, 0.2) is 158 Å². The lowest BCUT2D eigenvalue weighted by molar-refractivity contribution is 1.08. The van der Waals surface area contributed by atoms with Crippen molar-refractivity contribution in [1.82, 2.24) is 19.9 Å². The minimum atomic E-state index is 0.625. The van der Waals surface area contributed by atoms with Gasteiger partial charge in [-0.2, -0.15) is 0 Å². The molecule has 0 unspecified atom stereocenters. The number of nitrogens with zero attached hydrogens (tertiary/aromatic N) is 4. The fourth-order valence-electron chi connectivity index (χ4n) is 6.28. The molecule has 6 aromatic carbocycles. The van der Waals surface area contributed by atoms with E-state index in [-0.39, 0.29) is 0 Å². The van der Waals surface area contributed by atoms with Crippen LogP contribution in [0.25, 0.3) is 87.6 Å². The number of rotatable bonds is 5. The van der Waals surface area contributed by atoms with Crippen LogP contribution in [0.3, 0.4) is 0 Å². The van der Waals surface area contributed by atoms with Gasteiger partial charge in [0.05, 0.1) is 11.2 Å². The zero-order valence-electron chi connectivity index (χ0n) is 25.2. The van der Waals surface area contributed by atoms with Gasteiger partial charge in [-0.3, -0.25) is 0 Å². The van der Waals surface area contributed by atoms with E-state index in [4.69, 9.17) is 19.9 Å². The molecule has 0 radical (unpaired) electrons. The van der Waals surface area contributed by atoms with Crippen LogP contribution in [0.2, 0.25) is 0 Å². The minimum absolute atomic E-state index is 0.625. The summed E-state index contributed by atoms with van der Waals surface area (Å²) in [5.41, 5.74) is 8.13. The van der Waals surface area contributed by atoms with E-state index in [2.05, 4.69) is 115 Å². The highest BCUT2D eigenvalue weighted by Crippen LogP contribution is 2.45. The molecule has 9 aromatic rings. The van der Waals surface area contributed by atoms with E-state index in [1.54, 1.807) is 11.3 Å². The number of aromatic nitrogens is 4. The Morgan fingerprint density at radius 1 is 0.362 bits per heavy atom. The second-order valence-electron chi connectivity index (χ2n) is 11.4. The largest absolute Gasteiger partial charge is 0.247 e. The molecule has 0 aliphatic rings. The summed E-state index contributed by atoms with van der Waals surface area (Å²) < 4.78 is 2.41. The maximum atomic E-state index is 5.32. The fourth-order valence-corrected chi connectivity index (χ4v) is 7.55. The Hall–Kier alpha value is -6.04. The molecule has 0 aliphatic heterocycles. The van der Waals surface area contributed by atoms with Crippen molar-refractivity contribution in [2.45, 2.75) is 0 Å². The van der Waals surface area contributed by atoms with E-state index in [1.165, 1.54) is 20.3 Å². The second-order valence-corrected chi connectivity index (χ2v) is 12.5. The van der Waals surface area contributed by atoms with Crippen molar-refractivity contribution in [2.24, 2.45) is 0 Å². The van der Waals surface area contributed by atoms with Gasteiger partial charge in [0.15, 0.2) is 17.5 Å². The van der Waals surface area contributed by atoms with Gasteiger partial charge in [-0.05, 0) is 23.3 Å². The molecule has 0 amide bonds. The molecular weight excluding hydrogens is 593 g/mol. The molecule has 0 fully saturated rings. The van der Waals surface area contributed by atoms with Gasteiger partial charge in [0.1, 0.15) is 0 Å². The van der Waals surface area contributed by atoms with Crippen LogP contribution in [-0.2, 0) is 0 Å². The summed E-state index contributed by atoms with van der Waals surface area (Å²) in [6.45, 7) is 0. The van der Waals surface area contributed by atoms with Crippen LogP contribution >= 0.6 is 11.3 Å². The first-order valence-electron chi connectivity index (χ1n) is 15.6. The zero-order chi connectivity index (χ0) is 31.2. The molecule has 0 saturated heterocycles. The smallest absolute Gasteiger partial charge is 0.164 e. The van der Waals surface area contributed by atoms with Crippen LogP contribution in [0, 0.1) is 0 Å². The summed E-state index contributed by atoms with van der Waals surface area (Å²) in [7, 11) is 0. The summed E-state index contributed by atoms with van der Waals surface area (Å²) in [4.78, 5) is 20.6. The lowest BCUT2D eigenvalue weighted by Gasteiger charge is -2.13. The molecule has 3 aromatic heterocycles. The molecule has 0 bridgehead atoms. The maximum absolute atomic E-state index is 5.32. The van der Waals surface area contributed by atoms with Crippen LogP contribution in [0.4, 0.5) is 0 Å². The molecule has 220 valence electrons. The average molecular weight is 619 g/mol. The van der Waals surface area contributed by atoms with Crippen LogP contribution < -0.4 is 0 Å². The maximum Gasteiger partial charge on any atom is 0.164 e. The molecule has 0 N–H and O–H groups in total. The van der Waals surface area contributed by atoms with Crippen LogP contribution in [0.1, 0.15) is 0 Å². The number of hydrogen-bond acceptors (Lipinski definition) is 5. The third-order valence-electron chi connectivity index (χ3n) is 8.54. The van der Waals surface area contributed by atoms with E-state index in [1.807, 2.05) is 42.5 Å². The number of fused-ring (bicyclic) bond motifs is 5. The van der Waals surface area contributed by atoms with Crippen molar-refractivity contribution in [2.75, 3.05) is 0 Å². The SMILES string of the molecule is c1ccc(-c2ccc(-c3nc(-c4ccccc4)nc(-c4cccc5nc(-c6ccccc6)c6c7ccccc7sc6c45)n3)cc2)cc1. The quantitative estimate of drug-likeness (QED) is 0.193. The van der Waals surface area contributed by atoms with Crippen molar-refractivity contribution in [3.05, 3.63) is 158 Å². The van der Waals surface area contributed by atoms with Gasteiger partial charge < -0.3 is 0 Å². The predicted octanol–water partition coefficient (Wildman–Crippen LogP) is 11.1. The standard InChI is InChI=1S/C42H26N4S/c1-4-13-27(14-5-1)28-23-25-31(26-24-28)41-44-40(30-17-8-3-9-18-30)45-42(46-41)33-20-12-21-34-36(33)39-37(32-19-10-11-22-35(32)47-39)38(43-34)29-15-6-2-7-16-29/h1-26H. The Bertz CT molecular complexity index is 2540. The van der Waals surface area contributed by atoms with Crippen molar-refractivity contribution in [3.63, 3.8) is 0 Å². The summed E-state index contributed by atoms with van der Waals surface area (Å²) in [6.07, 6.45) is 0. The first-order valence-corrected chi connectivity index (χ1v) is 16.4. The predicted molar refractivity (Wildman–Crippen MR) is 195 cm³/mol. The van der Waals surface area contributed by atoms with Gasteiger partial charge in [0, 0.05) is 47.8 Å². The highest BCUT2D eigenvalue weighted by atomic mass is 32.1. The third-order valence-corrected chi connectivity index (χ3v) is 9.73. The Labute approximate surface area is 275 Å². The molecule has 0 atom stereocenters. The first kappa shape index (κ1) is 27.3. The number of pyridine rings is 1. The van der Waals surface area contributed by atoms with Crippen molar-refractivity contribution < 1.29 is 0 Å². The van der Waals surface area contributed by atoms with Gasteiger partial charge in [-0.15, -0.1) is 11.3 Å². The fraction of sp³-hybridized carbons (Fsp3) is 0. The minimum Gasteiger partial charge on any atom is -0.247 e. The Morgan fingerprint density at radius 3 is 1.60 bits per heavy atom. The topological polar surface area (TPSA) is 51.6 Å². The van der Waals surface area contributed by atoms with E-state index in [9.17, 15) is 0 Å². The molecule has 0 saturated carbocycles. The second kappa shape index (κ2) is 11.4. The van der Waals surface area contributed by atoms with E-state index >= 15 is 0 Å². The molecule has 9 rings (SSSR count). The van der Waals surface area contributed by atoms with E-state index < -0.39 is 0 Å². The Kier molecular flexibility index (Phi) is 6.61. The number of benzene rings is 6. The molecule has 47 heavy (non-hydrogen) atoms. The summed E-state index contributed by atoms with van der Waals surface area (Å²) >= 11 is 1.80. The average Bonchev–Trinajstić information content (AvgIpc) is 3.55. The highest BCUT2D eigenvalue weighted by molar-refractivity contribution is 7.26. The van der Waals surface area contributed by atoms with Gasteiger partial charge in [0.25, 0.3) is 0 Å². The normalized spacial score (nSPS) is 11.4. The lowest BCUT2D eigenvalue weighted by Crippen LogP contribution is -2.01. The van der Waals surface area contributed by atoms with Crippen LogP contribution in [-0.4, -0.2) is 19.9 Å². The lowest BCUT2D eigenvalue weighted by atomic mass is 10.00.